The Balaban J connectivity index is 1.40. The van der Waals surface area contributed by atoms with Crippen molar-refractivity contribution >= 4 is 22.8 Å². The first kappa shape index (κ1) is 28.2. The third-order valence-corrected chi connectivity index (χ3v) is 7.03. The lowest BCUT2D eigenvalue weighted by Crippen LogP contribution is -2.53. The Morgan fingerprint density at radius 3 is 2.50 bits per heavy atom. The van der Waals surface area contributed by atoms with Gasteiger partial charge in [-0.25, -0.2) is 9.18 Å². The number of rotatable bonds is 9. The molecule has 1 aliphatic rings. The number of alkyl carbamates (subject to hydrolysis) is 1. The molecule has 0 radical (unpaired) electrons. The van der Waals surface area contributed by atoms with E-state index >= 15 is 0 Å². The zero-order valence-corrected chi connectivity index (χ0v) is 22.9. The summed E-state index contributed by atoms with van der Waals surface area (Å²) in [6.07, 6.45) is 6.29. The monoisotopic (exact) mass is 501 g/mol. The summed E-state index contributed by atoms with van der Waals surface area (Å²) < 4.78 is 19.1. The lowest BCUT2D eigenvalue weighted by Gasteiger charge is -2.39. The fourth-order valence-corrected chi connectivity index (χ4v) is 4.87. The number of amides is 1. The Morgan fingerprint density at radius 1 is 1.17 bits per heavy atom. The first-order valence-electron chi connectivity index (χ1n) is 13.3. The molecule has 6 nitrogen and oxygen atoms in total. The molecule has 2 N–H and O–H groups in total. The van der Waals surface area contributed by atoms with Crippen LogP contribution in [0.2, 0.25) is 0 Å². The highest BCUT2D eigenvalue weighted by molar-refractivity contribution is 5.83. The maximum atomic E-state index is 13.6. The van der Waals surface area contributed by atoms with Crippen molar-refractivity contribution in [3.63, 3.8) is 0 Å². The van der Waals surface area contributed by atoms with E-state index in [9.17, 15) is 14.0 Å². The molecule has 0 spiro atoms. The molecule has 1 fully saturated rings. The van der Waals surface area contributed by atoms with Crippen molar-refractivity contribution in [3.05, 3.63) is 35.8 Å². The molecule has 0 aliphatic carbocycles. The van der Waals surface area contributed by atoms with Crippen LogP contribution in [0.4, 0.5) is 9.18 Å². The van der Waals surface area contributed by atoms with Crippen molar-refractivity contribution in [2.24, 2.45) is 11.3 Å². The van der Waals surface area contributed by atoms with E-state index in [4.69, 9.17) is 4.74 Å². The van der Waals surface area contributed by atoms with Crippen LogP contribution in [-0.4, -0.2) is 53.0 Å². The number of ketones is 1. The van der Waals surface area contributed by atoms with Crippen LogP contribution in [0.1, 0.15) is 79.2 Å². The number of likely N-dealkylation sites (tertiary alicyclic amines) is 1. The Labute approximate surface area is 215 Å². The number of aryl methyl sites for hydroxylation is 1. The summed E-state index contributed by atoms with van der Waals surface area (Å²) in [4.78, 5) is 30.6. The summed E-state index contributed by atoms with van der Waals surface area (Å²) in [5, 5.41) is 3.98. The molecule has 3 rings (SSSR count). The van der Waals surface area contributed by atoms with Crippen LogP contribution in [0.5, 0.6) is 0 Å². The number of nitrogens with zero attached hydrogens (tertiary/aromatic N) is 1. The van der Waals surface area contributed by atoms with Crippen LogP contribution >= 0.6 is 0 Å². The Morgan fingerprint density at radius 2 is 1.86 bits per heavy atom. The molecule has 200 valence electrons. The summed E-state index contributed by atoms with van der Waals surface area (Å²) >= 11 is 0. The van der Waals surface area contributed by atoms with Crippen molar-refractivity contribution < 1.29 is 18.7 Å². The van der Waals surface area contributed by atoms with Crippen LogP contribution in [0.15, 0.2) is 24.4 Å². The number of hydrogen-bond acceptors (Lipinski definition) is 4. The van der Waals surface area contributed by atoms with Crippen molar-refractivity contribution in [1.82, 2.24) is 15.2 Å². The van der Waals surface area contributed by atoms with Crippen LogP contribution in [-0.2, 0) is 16.0 Å². The molecular weight excluding hydrogens is 457 g/mol. The van der Waals surface area contributed by atoms with E-state index in [-0.39, 0.29) is 23.4 Å². The smallest absolute Gasteiger partial charge is 0.407 e. The number of ether oxygens (including phenoxy) is 1. The zero-order valence-electron chi connectivity index (χ0n) is 22.9. The van der Waals surface area contributed by atoms with E-state index in [0.29, 0.717) is 24.5 Å². The molecule has 2 aromatic rings. The maximum Gasteiger partial charge on any atom is 0.407 e. The van der Waals surface area contributed by atoms with Gasteiger partial charge in [-0.2, -0.15) is 0 Å². The normalized spacial score (nSPS) is 16.8. The van der Waals surface area contributed by atoms with Crippen LogP contribution in [0.3, 0.4) is 0 Å². The summed E-state index contributed by atoms with van der Waals surface area (Å²) in [5.41, 5.74) is 1.38. The summed E-state index contributed by atoms with van der Waals surface area (Å²) in [6, 6.07) is 4.74. The number of carbonyl (C=O) groups is 2. The second-order valence-corrected chi connectivity index (χ2v) is 12.4. The van der Waals surface area contributed by atoms with Gasteiger partial charge in [0.05, 0.1) is 0 Å². The van der Waals surface area contributed by atoms with Gasteiger partial charge in [-0.15, -0.1) is 0 Å². The van der Waals surface area contributed by atoms with Crippen molar-refractivity contribution in [2.75, 3.05) is 19.6 Å². The third kappa shape index (κ3) is 8.61. The van der Waals surface area contributed by atoms with Gasteiger partial charge in [-0.3, -0.25) is 4.79 Å². The topological polar surface area (TPSA) is 74.4 Å². The predicted octanol–water partition coefficient (Wildman–Crippen LogP) is 6.24. The largest absolute Gasteiger partial charge is 0.444 e. The fraction of sp³-hybridized carbons (Fsp3) is 0.655. The van der Waals surface area contributed by atoms with Crippen LogP contribution in [0, 0.1) is 17.2 Å². The molecule has 1 atom stereocenters. The Bertz CT molecular complexity index is 1030. The van der Waals surface area contributed by atoms with E-state index in [2.05, 4.69) is 36.0 Å². The lowest BCUT2D eigenvalue weighted by atomic mass is 9.85. The highest BCUT2D eigenvalue weighted by Crippen LogP contribution is 2.26. The second-order valence-electron chi connectivity index (χ2n) is 12.4. The van der Waals surface area contributed by atoms with Gasteiger partial charge in [0.15, 0.2) is 0 Å². The van der Waals surface area contributed by atoms with Crippen LogP contribution < -0.4 is 5.32 Å². The van der Waals surface area contributed by atoms with Crippen molar-refractivity contribution in [2.45, 2.75) is 91.7 Å². The molecule has 1 amide bonds. The molecule has 36 heavy (non-hydrogen) atoms. The standard InChI is InChI=1S/C29H44FN3O3/c1-28(2,3)26(32-27(35)36-29(4,5)6)19-33-14-12-20(13-15-33)16-23(34)9-7-8-21-18-31-25-11-10-22(30)17-24(21)25/h10-11,17-18,20,26,31H,7-9,12-16,19H2,1-6H3,(H,32,35). The molecule has 7 heteroatoms. The van der Waals surface area contributed by atoms with Gasteiger partial charge in [0.2, 0.25) is 0 Å². The number of benzene rings is 1. The zero-order chi connectivity index (χ0) is 26.5. The summed E-state index contributed by atoms with van der Waals surface area (Å²) in [5.74, 6) is 0.502. The number of carbonyl (C=O) groups excluding carboxylic acids is 2. The van der Waals surface area contributed by atoms with Gasteiger partial charge >= 0.3 is 6.09 Å². The Hall–Kier alpha value is -2.41. The maximum absolute atomic E-state index is 13.6. The van der Waals surface area contributed by atoms with Gasteiger partial charge in [0.25, 0.3) is 0 Å². The molecule has 1 saturated heterocycles. The van der Waals surface area contributed by atoms with E-state index in [0.717, 1.165) is 61.8 Å². The van der Waals surface area contributed by atoms with Gasteiger partial charge in [0.1, 0.15) is 17.2 Å². The first-order valence-corrected chi connectivity index (χ1v) is 13.3. The highest BCUT2D eigenvalue weighted by Gasteiger charge is 2.31. The average Bonchev–Trinajstić information content (AvgIpc) is 3.14. The molecule has 1 unspecified atom stereocenters. The van der Waals surface area contributed by atoms with E-state index in [1.807, 2.05) is 27.0 Å². The van der Waals surface area contributed by atoms with Gasteiger partial charge in [-0.1, -0.05) is 20.8 Å². The van der Waals surface area contributed by atoms with Crippen molar-refractivity contribution in [3.8, 4) is 0 Å². The SMILES string of the molecule is CC(C)(C)OC(=O)NC(CN1CCC(CC(=O)CCCc2c[nH]c3ccc(F)cc23)CC1)C(C)(C)C. The quantitative estimate of drug-likeness (QED) is 0.426. The van der Waals surface area contributed by atoms with Gasteiger partial charge < -0.3 is 19.9 Å². The first-order chi connectivity index (χ1) is 16.8. The number of aromatic amines is 1. The number of H-pyrrole nitrogens is 1. The molecular formula is C29H44FN3O3. The number of hydrogen-bond donors (Lipinski definition) is 2. The minimum absolute atomic E-state index is 0.0245. The fourth-order valence-electron chi connectivity index (χ4n) is 4.87. The average molecular weight is 502 g/mol. The minimum atomic E-state index is -0.523. The number of aromatic nitrogens is 1. The Kier molecular flexibility index (Phi) is 9.20. The van der Waals surface area contributed by atoms with Crippen LogP contribution in [0.25, 0.3) is 10.9 Å². The number of nitrogens with one attached hydrogen (secondary N) is 2. The van der Waals surface area contributed by atoms with Gasteiger partial charge in [0, 0.05) is 42.5 Å². The third-order valence-electron chi connectivity index (χ3n) is 7.03. The number of Topliss-reactive ketones (excluding diaryl/α,β-unsaturated/α-hetero) is 1. The summed E-state index contributed by atoms with van der Waals surface area (Å²) in [6.45, 7) is 14.6. The summed E-state index contributed by atoms with van der Waals surface area (Å²) in [7, 11) is 0. The minimum Gasteiger partial charge on any atom is -0.444 e. The molecule has 1 aliphatic heterocycles. The van der Waals surface area contributed by atoms with E-state index in [1.165, 1.54) is 6.07 Å². The van der Waals surface area contributed by atoms with E-state index < -0.39 is 5.60 Å². The highest BCUT2D eigenvalue weighted by atomic mass is 19.1. The number of fused-ring (bicyclic) bond motifs is 1. The molecule has 1 aromatic heterocycles. The molecule has 1 aromatic carbocycles. The molecule has 2 heterocycles. The number of piperidine rings is 1. The second kappa shape index (κ2) is 11.8. The molecule has 0 saturated carbocycles. The van der Waals surface area contributed by atoms with E-state index in [1.54, 1.807) is 12.1 Å². The lowest BCUT2D eigenvalue weighted by molar-refractivity contribution is -0.120. The molecule has 0 bridgehead atoms. The van der Waals surface area contributed by atoms with Crippen molar-refractivity contribution in [1.29, 1.82) is 0 Å². The number of halogens is 1. The van der Waals surface area contributed by atoms with Gasteiger partial charge in [-0.05, 0) is 94.6 Å². The predicted molar refractivity (Wildman–Crippen MR) is 143 cm³/mol.